The first-order valence-electron chi connectivity index (χ1n) is 30.6. The van der Waals surface area contributed by atoms with E-state index in [1.165, 1.54) is 12.5 Å². The van der Waals surface area contributed by atoms with Gasteiger partial charge < -0.3 is 119 Å². The lowest BCUT2D eigenvalue weighted by Gasteiger charge is -2.71. The predicted molar refractivity (Wildman–Crippen MR) is 287 cm³/mol. The first-order valence-corrected chi connectivity index (χ1v) is 30.6. The van der Waals surface area contributed by atoms with Crippen molar-refractivity contribution in [1.29, 1.82) is 0 Å². The summed E-state index contributed by atoms with van der Waals surface area (Å²) in [4.78, 5) is 15.1. The van der Waals surface area contributed by atoms with Gasteiger partial charge in [0.25, 0.3) is 0 Å². The molecule has 32 atom stereocenters. The second kappa shape index (κ2) is 24.2. The van der Waals surface area contributed by atoms with Gasteiger partial charge in [-0.3, -0.25) is 4.79 Å². The Kier molecular flexibility index (Phi) is 18.8. The van der Waals surface area contributed by atoms with Gasteiger partial charge in [0.2, 0.25) is 6.29 Å². The van der Waals surface area contributed by atoms with E-state index >= 15 is 4.79 Å². The van der Waals surface area contributed by atoms with E-state index in [1.807, 2.05) is 6.92 Å². The molecule has 4 heterocycles. The summed E-state index contributed by atoms with van der Waals surface area (Å²) in [6.45, 7) is 12.8. The van der Waals surface area contributed by atoms with Crippen LogP contribution in [0.15, 0.2) is 11.6 Å². The summed E-state index contributed by atoms with van der Waals surface area (Å²) >= 11 is 0. The minimum atomic E-state index is -1.90. The highest BCUT2D eigenvalue weighted by atomic mass is 16.8. The van der Waals surface area contributed by atoms with Crippen LogP contribution in [0.25, 0.3) is 0 Å². The molecule has 25 nitrogen and oxygen atoms in total. The van der Waals surface area contributed by atoms with Crippen LogP contribution >= 0.6 is 0 Å². The zero-order valence-corrected chi connectivity index (χ0v) is 49.3. The highest BCUT2D eigenvalue weighted by Crippen LogP contribution is 2.76. The molecule has 0 amide bonds. The standard InChI is InChI=1S/C59H96O25/c1-25-36(65)47(78-30-10-9-28(63)37(66)39(30)68)45(74)51(77-25)83-48-38(67)29(64)23-76-52(48)81-35-13-14-55(4)33(56(35,5)24-62)12-15-58(7)34(55)11-8-26-27-20-54(2,3)16-18-59(27,19-17-57(26,58)6)53(75)84-50-44(73)42(71)46(32(22-61)80-50)82-49-43(72)41(70)40(69)31(21-60)79-49/h8,25,27-52,60-74H,9-24H2,1-7H3. The van der Waals surface area contributed by atoms with Crippen molar-refractivity contribution in [1.82, 2.24) is 0 Å². The van der Waals surface area contributed by atoms with Gasteiger partial charge in [-0.25, -0.2) is 0 Å². The Labute approximate surface area is 489 Å². The number of allylic oxidation sites excluding steroid dienone is 2. The van der Waals surface area contributed by atoms with Gasteiger partial charge in [0.15, 0.2) is 18.9 Å². The second-order valence-electron chi connectivity index (χ2n) is 28.4. The van der Waals surface area contributed by atoms with Crippen LogP contribution < -0.4 is 0 Å². The summed E-state index contributed by atoms with van der Waals surface area (Å²) in [5.74, 6) is -0.849. The number of hydrogen-bond donors (Lipinski definition) is 15. The Morgan fingerprint density at radius 1 is 0.560 bits per heavy atom. The van der Waals surface area contributed by atoms with E-state index in [0.29, 0.717) is 57.8 Å². The van der Waals surface area contributed by atoms with Crippen LogP contribution in [0.1, 0.15) is 126 Å². The maximum atomic E-state index is 15.1. The van der Waals surface area contributed by atoms with Crippen LogP contribution in [-0.4, -0.2) is 256 Å². The van der Waals surface area contributed by atoms with Crippen molar-refractivity contribution in [2.75, 3.05) is 26.4 Å². The van der Waals surface area contributed by atoms with Crippen molar-refractivity contribution in [2.45, 2.75) is 273 Å². The molecule has 9 fully saturated rings. The van der Waals surface area contributed by atoms with Gasteiger partial charge in [0.1, 0.15) is 97.7 Å². The Bertz CT molecular complexity index is 2330. The molecule has 10 rings (SSSR count). The van der Waals surface area contributed by atoms with Crippen molar-refractivity contribution >= 4 is 5.97 Å². The number of ether oxygens (including phenoxy) is 9. The molecule has 15 N–H and O–H groups in total. The maximum absolute atomic E-state index is 15.1. The molecule has 5 saturated carbocycles. The Morgan fingerprint density at radius 2 is 1.21 bits per heavy atom. The first kappa shape index (κ1) is 65.2. The monoisotopic (exact) mass is 1200 g/mol. The topological polar surface area (TPSA) is 404 Å². The summed E-state index contributed by atoms with van der Waals surface area (Å²) in [5, 5.41) is 163. The van der Waals surface area contributed by atoms with E-state index in [-0.39, 0.29) is 60.1 Å². The molecule has 0 bridgehead atoms. The van der Waals surface area contributed by atoms with Crippen LogP contribution in [0.4, 0.5) is 0 Å². The number of rotatable bonds is 13. The van der Waals surface area contributed by atoms with Crippen molar-refractivity contribution < 1.29 is 124 Å². The lowest BCUT2D eigenvalue weighted by Crippen LogP contribution is -2.67. The quantitative estimate of drug-likeness (QED) is 0.0532. The third kappa shape index (κ3) is 10.8. The van der Waals surface area contributed by atoms with E-state index in [9.17, 15) is 76.6 Å². The van der Waals surface area contributed by atoms with Gasteiger partial charge in [0.05, 0.1) is 56.3 Å². The molecule has 32 unspecified atom stereocenters. The molecule has 482 valence electrons. The van der Waals surface area contributed by atoms with Crippen LogP contribution in [0, 0.1) is 50.2 Å². The van der Waals surface area contributed by atoms with E-state index in [2.05, 4.69) is 40.7 Å². The van der Waals surface area contributed by atoms with Crippen LogP contribution in [0.2, 0.25) is 0 Å². The highest BCUT2D eigenvalue weighted by Gasteiger charge is 2.71. The number of carbonyl (C=O) groups is 1. The molecule has 0 aromatic carbocycles. The Balaban J connectivity index is 0.852. The summed E-state index contributed by atoms with van der Waals surface area (Å²) in [5.41, 5.74) is -1.93. The molecule has 6 aliphatic carbocycles. The van der Waals surface area contributed by atoms with Crippen molar-refractivity contribution in [3.05, 3.63) is 11.6 Å². The second-order valence-corrected chi connectivity index (χ2v) is 28.4. The predicted octanol–water partition coefficient (Wildman–Crippen LogP) is -2.13. The highest BCUT2D eigenvalue weighted by molar-refractivity contribution is 5.79. The average Bonchev–Trinajstić information content (AvgIpc) is 0.726. The normalized spacial score (nSPS) is 54.9. The van der Waals surface area contributed by atoms with Crippen LogP contribution in [0.5, 0.6) is 0 Å². The van der Waals surface area contributed by atoms with Gasteiger partial charge in [0, 0.05) is 5.41 Å². The molecule has 0 radical (unpaired) electrons. The van der Waals surface area contributed by atoms with Crippen molar-refractivity contribution in [3.8, 4) is 0 Å². The van der Waals surface area contributed by atoms with Gasteiger partial charge >= 0.3 is 5.97 Å². The van der Waals surface area contributed by atoms with Gasteiger partial charge in [-0.2, -0.15) is 0 Å². The van der Waals surface area contributed by atoms with Crippen LogP contribution in [0.3, 0.4) is 0 Å². The molecule has 4 aliphatic heterocycles. The summed E-state index contributed by atoms with van der Waals surface area (Å²) < 4.78 is 54.5. The minimum Gasteiger partial charge on any atom is -0.432 e. The van der Waals surface area contributed by atoms with Gasteiger partial charge in [-0.05, 0) is 123 Å². The molecular formula is C59H96O25. The maximum Gasteiger partial charge on any atom is 0.315 e. The Morgan fingerprint density at radius 3 is 1.90 bits per heavy atom. The minimum absolute atomic E-state index is 0.0872. The molecular weight excluding hydrogens is 1110 g/mol. The lowest BCUT2D eigenvalue weighted by molar-refractivity contribution is -0.370. The average molecular weight is 1210 g/mol. The van der Waals surface area contributed by atoms with Gasteiger partial charge in [-0.15, -0.1) is 0 Å². The van der Waals surface area contributed by atoms with Gasteiger partial charge in [-0.1, -0.05) is 53.2 Å². The summed E-state index contributed by atoms with van der Waals surface area (Å²) in [7, 11) is 0. The lowest BCUT2D eigenvalue weighted by atomic mass is 9.33. The Hall–Kier alpha value is -1.71. The number of hydrogen-bond acceptors (Lipinski definition) is 25. The largest absolute Gasteiger partial charge is 0.432 e. The van der Waals surface area contributed by atoms with E-state index < -0.39 is 183 Å². The number of aliphatic hydroxyl groups is 15. The third-order valence-corrected chi connectivity index (χ3v) is 23.3. The number of esters is 1. The molecule has 10 aliphatic rings. The number of fused-ring (bicyclic) bond motifs is 7. The molecule has 0 spiro atoms. The molecule has 0 aromatic heterocycles. The molecule has 25 heteroatoms. The molecule has 0 aromatic rings. The third-order valence-electron chi connectivity index (χ3n) is 23.3. The first-order chi connectivity index (χ1) is 39.4. The fraction of sp³-hybridized carbons (Fsp3) is 0.949. The van der Waals surface area contributed by atoms with Crippen LogP contribution in [-0.2, 0) is 47.4 Å². The zero-order valence-electron chi connectivity index (χ0n) is 49.3. The summed E-state index contributed by atoms with van der Waals surface area (Å²) in [6, 6.07) is 0. The van der Waals surface area contributed by atoms with E-state index in [1.54, 1.807) is 0 Å². The number of aliphatic hydroxyl groups excluding tert-OH is 15. The fourth-order valence-corrected chi connectivity index (χ4v) is 17.8. The smallest absolute Gasteiger partial charge is 0.315 e. The SMILES string of the molecule is CC1OC(OC2C(OC3CCC4(C)C(CCC5(C)C4CC=C4C6CC(C)(C)CCC6(C(=O)OC6OC(CO)C(OC7OC(CO)C(O)C(O)C7O)C(O)C6O)CCC45C)C3(C)CO)OCC(O)C2O)C(O)C(OC2CCC(O)C(O)C2O)C1O. The van der Waals surface area contributed by atoms with E-state index in [4.69, 9.17) is 42.6 Å². The number of carbonyl (C=O) groups excluding carboxylic acids is 1. The molecule has 84 heavy (non-hydrogen) atoms. The summed E-state index contributed by atoms with van der Waals surface area (Å²) in [6.07, 6.45) is -26.9. The zero-order chi connectivity index (χ0) is 61.1. The fourth-order valence-electron chi connectivity index (χ4n) is 17.8. The van der Waals surface area contributed by atoms with Crippen molar-refractivity contribution in [2.24, 2.45) is 50.2 Å². The van der Waals surface area contributed by atoms with E-state index in [0.717, 1.165) is 6.42 Å². The molecule has 4 saturated heterocycles. The van der Waals surface area contributed by atoms with Crippen molar-refractivity contribution in [3.63, 3.8) is 0 Å².